The number of hydrogen-bond acceptors (Lipinski definition) is 2. The number of ether oxygens (including phenoxy) is 1. The van der Waals surface area contributed by atoms with E-state index in [2.05, 4.69) is 5.32 Å². The van der Waals surface area contributed by atoms with Crippen LogP contribution in [0, 0.1) is 11.6 Å². The van der Waals surface area contributed by atoms with Crippen LogP contribution in [0.25, 0.3) is 0 Å². The van der Waals surface area contributed by atoms with Gasteiger partial charge in [-0.05, 0) is 35.7 Å². The molecule has 0 fully saturated rings. The lowest BCUT2D eigenvalue weighted by molar-refractivity contribution is -0.120. The molecule has 0 aliphatic heterocycles. The summed E-state index contributed by atoms with van der Waals surface area (Å²) in [4.78, 5) is 11.8. The van der Waals surface area contributed by atoms with Crippen LogP contribution in [0.4, 0.5) is 8.78 Å². The monoisotopic (exact) mass is 305 g/mol. The highest BCUT2D eigenvalue weighted by molar-refractivity contribution is 5.78. The molecule has 0 spiro atoms. The first kappa shape index (κ1) is 15.9. The molecule has 0 saturated heterocycles. The Morgan fingerprint density at radius 3 is 2.59 bits per heavy atom. The summed E-state index contributed by atoms with van der Waals surface area (Å²) in [6.07, 6.45) is 0.480. The van der Waals surface area contributed by atoms with Crippen molar-refractivity contribution >= 4 is 5.91 Å². The third-order valence-corrected chi connectivity index (χ3v) is 3.26. The standard InChI is InChI=1S/C17H17F2NO2/c1-22-16-7-6-12(10-15(16)19)8-9-20-17(21)11-13-4-2-3-5-14(13)18/h2-7,10H,8-9,11H2,1H3,(H,20,21). The first-order valence-corrected chi connectivity index (χ1v) is 6.92. The third kappa shape index (κ3) is 4.28. The van der Waals surface area contributed by atoms with E-state index in [1.54, 1.807) is 30.3 Å². The summed E-state index contributed by atoms with van der Waals surface area (Å²) in [7, 11) is 1.40. The van der Waals surface area contributed by atoms with Crippen molar-refractivity contribution in [2.75, 3.05) is 13.7 Å². The molecule has 3 nitrogen and oxygen atoms in total. The zero-order valence-electron chi connectivity index (χ0n) is 12.2. The highest BCUT2D eigenvalue weighted by atomic mass is 19.1. The second-order valence-electron chi connectivity index (χ2n) is 4.84. The Morgan fingerprint density at radius 1 is 1.14 bits per heavy atom. The van der Waals surface area contributed by atoms with Gasteiger partial charge in [-0.1, -0.05) is 24.3 Å². The zero-order chi connectivity index (χ0) is 15.9. The van der Waals surface area contributed by atoms with Crippen molar-refractivity contribution in [2.45, 2.75) is 12.8 Å². The quantitative estimate of drug-likeness (QED) is 0.891. The average Bonchev–Trinajstić information content (AvgIpc) is 2.50. The molecule has 116 valence electrons. The van der Waals surface area contributed by atoms with Gasteiger partial charge in [-0.15, -0.1) is 0 Å². The molecule has 0 radical (unpaired) electrons. The van der Waals surface area contributed by atoms with E-state index in [0.29, 0.717) is 18.5 Å². The van der Waals surface area contributed by atoms with Gasteiger partial charge in [0.25, 0.3) is 0 Å². The largest absolute Gasteiger partial charge is 0.494 e. The maximum absolute atomic E-state index is 13.5. The number of rotatable bonds is 6. The van der Waals surface area contributed by atoms with Crippen molar-refractivity contribution in [1.29, 1.82) is 0 Å². The van der Waals surface area contributed by atoms with Gasteiger partial charge in [0.05, 0.1) is 13.5 Å². The number of amides is 1. The lowest BCUT2D eigenvalue weighted by Crippen LogP contribution is -2.27. The van der Waals surface area contributed by atoms with Gasteiger partial charge in [-0.3, -0.25) is 4.79 Å². The van der Waals surface area contributed by atoms with Gasteiger partial charge in [0, 0.05) is 6.54 Å². The summed E-state index contributed by atoms with van der Waals surface area (Å²) in [5.41, 5.74) is 1.11. The second kappa shape index (κ2) is 7.54. The Kier molecular flexibility index (Phi) is 5.47. The fourth-order valence-corrected chi connectivity index (χ4v) is 2.09. The molecule has 2 rings (SSSR count). The van der Waals surface area contributed by atoms with Gasteiger partial charge < -0.3 is 10.1 Å². The SMILES string of the molecule is COc1ccc(CCNC(=O)Cc2ccccc2F)cc1F. The number of carbonyl (C=O) groups excluding carboxylic acids is 1. The third-order valence-electron chi connectivity index (χ3n) is 3.26. The summed E-state index contributed by atoms with van der Waals surface area (Å²) >= 11 is 0. The molecule has 5 heteroatoms. The Balaban J connectivity index is 1.82. The lowest BCUT2D eigenvalue weighted by Gasteiger charge is -2.07. The molecule has 2 aromatic rings. The van der Waals surface area contributed by atoms with Gasteiger partial charge in [0.1, 0.15) is 5.82 Å². The van der Waals surface area contributed by atoms with Gasteiger partial charge in [0.15, 0.2) is 11.6 Å². The van der Waals surface area contributed by atoms with Crippen molar-refractivity contribution < 1.29 is 18.3 Å². The number of benzene rings is 2. The second-order valence-corrected chi connectivity index (χ2v) is 4.84. The number of methoxy groups -OCH3 is 1. The van der Waals surface area contributed by atoms with Crippen molar-refractivity contribution in [3.63, 3.8) is 0 Å². The maximum Gasteiger partial charge on any atom is 0.224 e. The summed E-state index contributed by atoms with van der Waals surface area (Å²) in [5, 5.41) is 2.70. The van der Waals surface area contributed by atoms with Crippen molar-refractivity contribution in [3.05, 3.63) is 65.2 Å². The van der Waals surface area contributed by atoms with Gasteiger partial charge >= 0.3 is 0 Å². The van der Waals surface area contributed by atoms with E-state index in [1.165, 1.54) is 19.2 Å². The molecule has 0 atom stereocenters. The molecule has 1 amide bonds. The first-order valence-electron chi connectivity index (χ1n) is 6.92. The fraction of sp³-hybridized carbons (Fsp3) is 0.235. The van der Waals surface area contributed by atoms with E-state index in [9.17, 15) is 13.6 Å². The normalized spacial score (nSPS) is 10.3. The molecule has 0 saturated carbocycles. The summed E-state index contributed by atoms with van der Waals surface area (Å²) in [6.45, 7) is 0.360. The van der Waals surface area contributed by atoms with Crippen LogP contribution in [0.2, 0.25) is 0 Å². The van der Waals surface area contributed by atoms with Crippen LogP contribution < -0.4 is 10.1 Å². The number of nitrogens with one attached hydrogen (secondary N) is 1. The van der Waals surface area contributed by atoms with Crippen LogP contribution in [0.1, 0.15) is 11.1 Å². The highest BCUT2D eigenvalue weighted by Gasteiger charge is 2.08. The Labute approximate surface area is 127 Å². The van der Waals surface area contributed by atoms with Crippen molar-refractivity contribution in [3.8, 4) is 5.75 Å². The molecule has 0 heterocycles. The van der Waals surface area contributed by atoms with E-state index in [4.69, 9.17) is 4.74 Å². The Morgan fingerprint density at radius 2 is 1.91 bits per heavy atom. The van der Waals surface area contributed by atoms with E-state index >= 15 is 0 Å². The van der Waals surface area contributed by atoms with Crippen LogP contribution in [-0.4, -0.2) is 19.6 Å². The minimum absolute atomic E-state index is 0.0103. The number of carbonyl (C=O) groups is 1. The molecule has 0 aliphatic rings. The van der Waals surface area contributed by atoms with E-state index < -0.39 is 11.6 Å². The smallest absolute Gasteiger partial charge is 0.224 e. The first-order chi connectivity index (χ1) is 10.6. The van der Waals surface area contributed by atoms with Crippen LogP contribution in [-0.2, 0) is 17.6 Å². The Bertz CT molecular complexity index is 659. The van der Waals surface area contributed by atoms with E-state index in [1.807, 2.05) is 0 Å². The molecule has 0 bridgehead atoms. The molecule has 22 heavy (non-hydrogen) atoms. The molecule has 2 aromatic carbocycles. The van der Waals surface area contributed by atoms with Crippen LogP contribution in [0.15, 0.2) is 42.5 Å². The van der Waals surface area contributed by atoms with Gasteiger partial charge in [-0.2, -0.15) is 0 Å². The predicted molar refractivity (Wildman–Crippen MR) is 79.8 cm³/mol. The molecular formula is C17H17F2NO2. The minimum atomic E-state index is -0.433. The average molecular weight is 305 g/mol. The van der Waals surface area contributed by atoms with Crippen LogP contribution >= 0.6 is 0 Å². The van der Waals surface area contributed by atoms with E-state index in [0.717, 1.165) is 5.56 Å². The minimum Gasteiger partial charge on any atom is -0.494 e. The molecule has 0 aromatic heterocycles. The Hall–Kier alpha value is -2.43. The molecule has 1 N–H and O–H groups in total. The van der Waals surface area contributed by atoms with E-state index in [-0.39, 0.29) is 18.1 Å². The summed E-state index contributed by atoms with van der Waals surface area (Å²) in [5.74, 6) is -0.904. The fourth-order valence-electron chi connectivity index (χ4n) is 2.09. The molecular weight excluding hydrogens is 288 g/mol. The van der Waals surface area contributed by atoms with Gasteiger partial charge in [0.2, 0.25) is 5.91 Å². The molecule has 0 unspecified atom stereocenters. The zero-order valence-corrected chi connectivity index (χ0v) is 12.2. The topological polar surface area (TPSA) is 38.3 Å². The number of hydrogen-bond donors (Lipinski definition) is 1. The van der Waals surface area contributed by atoms with Crippen molar-refractivity contribution in [1.82, 2.24) is 5.32 Å². The maximum atomic E-state index is 13.5. The van der Waals surface area contributed by atoms with Crippen molar-refractivity contribution in [2.24, 2.45) is 0 Å². The predicted octanol–water partition coefficient (Wildman–Crippen LogP) is 2.87. The molecule has 0 aliphatic carbocycles. The highest BCUT2D eigenvalue weighted by Crippen LogP contribution is 2.17. The van der Waals surface area contributed by atoms with Crippen LogP contribution in [0.5, 0.6) is 5.75 Å². The number of halogens is 2. The summed E-state index contributed by atoms with van der Waals surface area (Å²) < 4.78 is 31.8. The summed E-state index contributed by atoms with van der Waals surface area (Å²) in [6, 6.07) is 10.8. The van der Waals surface area contributed by atoms with Gasteiger partial charge in [-0.25, -0.2) is 8.78 Å². The lowest BCUT2D eigenvalue weighted by atomic mass is 10.1. The van der Waals surface area contributed by atoms with Crippen LogP contribution in [0.3, 0.4) is 0 Å².